The highest BCUT2D eigenvalue weighted by molar-refractivity contribution is 7.88. The molecule has 158 valence electrons. The molecule has 0 bridgehead atoms. The fourth-order valence-corrected chi connectivity index (χ4v) is 6.08. The Kier molecular flexibility index (Phi) is 5.92. The highest BCUT2D eigenvalue weighted by atomic mass is 32.2. The van der Waals surface area contributed by atoms with Crippen LogP contribution in [0, 0.1) is 12.8 Å². The van der Waals surface area contributed by atoms with E-state index in [0.29, 0.717) is 31.1 Å². The highest BCUT2D eigenvalue weighted by Gasteiger charge is 2.35. The number of thiazole rings is 1. The molecule has 0 spiro atoms. The minimum atomic E-state index is -3.31. The van der Waals surface area contributed by atoms with Crippen molar-refractivity contribution in [3.8, 4) is 0 Å². The lowest BCUT2D eigenvalue weighted by Gasteiger charge is -2.33. The van der Waals surface area contributed by atoms with E-state index in [-0.39, 0.29) is 24.5 Å². The average Bonchev–Trinajstić information content (AvgIpc) is 3.35. The molecule has 1 aromatic heterocycles. The number of hydrogen-bond acceptors (Lipinski definition) is 6. The van der Waals surface area contributed by atoms with Gasteiger partial charge in [-0.15, -0.1) is 0 Å². The monoisotopic (exact) mass is 437 g/mol. The molecular weight excluding hydrogens is 410 g/mol. The second-order valence-electron chi connectivity index (χ2n) is 7.96. The number of benzene rings is 1. The molecule has 1 amide bonds. The second-order valence-corrected chi connectivity index (χ2v) is 11.0. The van der Waals surface area contributed by atoms with Crippen LogP contribution in [0.15, 0.2) is 18.2 Å². The Morgan fingerprint density at radius 3 is 2.86 bits per heavy atom. The van der Waals surface area contributed by atoms with Crippen molar-refractivity contribution in [2.75, 3.05) is 37.4 Å². The van der Waals surface area contributed by atoms with Crippen LogP contribution in [-0.2, 0) is 19.6 Å². The first-order chi connectivity index (χ1) is 13.8. The van der Waals surface area contributed by atoms with Crippen LogP contribution in [0.4, 0.5) is 5.13 Å². The molecule has 2 atom stereocenters. The number of carbonyl (C=O) groups excluding carboxylic acids is 1. The van der Waals surface area contributed by atoms with Gasteiger partial charge in [0.25, 0.3) is 0 Å². The predicted molar refractivity (Wildman–Crippen MR) is 115 cm³/mol. The summed E-state index contributed by atoms with van der Waals surface area (Å²) in [6.07, 6.45) is 4.51. The van der Waals surface area contributed by atoms with Gasteiger partial charge < -0.3 is 4.74 Å². The van der Waals surface area contributed by atoms with Gasteiger partial charge in [0.15, 0.2) is 5.13 Å². The number of para-hydroxylation sites is 1. The largest absolute Gasteiger partial charge is 0.376 e. The van der Waals surface area contributed by atoms with Crippen molar-refractivity contribution < 1.29 is 17.9 Å². The molecule has 2 aliphatic rings. The molecule has 9 heteroatoms. The van der Waals surface area contributed by atoms with Gasteiger partial charge in [0.1, 0.15) is 0 Å². The van der Waals surface area contributed by atoms with Crippen molar-refractivity contribution in [3.05, 3.63) is 23.8 Å². The number of ether oxygens (including phenoxy) is 1. The molecule has 7 nitrogen and oxygen atoms in total. The Hall–Kier alpha value is -1.55. The number of fused-ring (bicyclic) bond motifs is 1. The first kappa shape index (κ1) is 20.7. The molecule has 0 aliphatic carbocycles. The van der Waals surface area contributed by atoms with Gasteiger partial charge in [-0.2, -0.15) is 0 Å². The topological polar surface area (TPSA) is 79.8 Å². The third kappa shape index (κ3) is 4.47. The minimum Gasteiger partial charge on any atom is -0.376 e. The van der Waals surface area contributed by atoms with Crippen LogP contribution in [0.5, 0.6) is 0 Å². The highest BCUT2D eigenvalue weighted by Crippen LogP contribution is 2.33. The van der Waals surface area contributed by atoms with Crippen molar-refractivity contribution >= 4 is 42.6 Å². The smallest absolute Gasteiger partial charge is 0.233 e. The van der Waals surface area contributed by atoms with Crippen LogP contribution >= 0.6 is 11.3 Å². The number of aromatic nitrogens is 1. The van der Waals surface area contributed by atoms with E-state index in [4.69, 9.17) is 9.72 Å². The van der Waals surface area contributed by atoms with Gasteiger partial charge in [0, 0.05) is 19.7 Å². The Balaban J connectivity index is 1.64. The molecule has 2 fully saturated rings. The molecule has 4 rings (SSSR count). The maximum Gasteiger partial charge on any atom is 0.233 e. The van der Waals surface area contributed by atoms with E-state index in [1.165, 1.54) is 21.9 Å². The fourth-order valence-electron chi connectivity index (χ4n) is 4.11. The van der Waals surface area contributed by atoms with Gasteiger partial charge in [0.05, 0.1) is 35.0 Å². The van der Waals surface area contributed by atoms with Gasteiger partial charge in [-0.25, -0.2) is 17.7 Å². The summed E-state index contributed by atoms with van der Waals surface area (Å²) < 4.78 is 32.3. The fraction of sp³-hybridized carbons (Fsp3) is 0.600. The van der Waals surface area contributed by atoms with Crippen LogP contribution in [0.2, 0.25) is 0 Å². The molecule has 0 radical (unpaired) electrons. The van der Waals surface area contributed by atoms with Crippen LogP contribution in [-0.4, -0.2) is 62.2 Å². The van der Waals surface area contributed by atoms with Crippen LogP contribution in [0.25, 0.3) is 10.2 Å². The van der Waals surface area contributed by atoms with Crippen molar-refractivity contribution in [1.29, 1.82) is 0 Å². The van der Waals surface area contributed by atoms with Crippen molar-refractivity contribution in [1.82, 2.24) is 9.29 Å². The zero-order chi connectivity index (χ0) is 20.6. The van der Waals surface area contributed by atoms with Gasteiger partial charge in [-0.1, -0.05) is 23.5 Å². The summed E-state index contributed by atoms with van der Waals surface area (Å²) >= 11 is 1.51. The van der Waals surface area contributed by atoms with E-state index in [2.05, 4.69) is 0 Å². The predicted octanol–water partition coefficient (Wildman–Crippen LogP) is 2.79. The molecular formula is C20H27N3O4S2. The van der Waals surface area contributed by atoms with Gasteiger partial charge in [-0.05, 0) is 44.2 Å². The summed E-state index contributed by atoms with van der Waals surface area (Å²) in [4.78, 5) is 20.1. The minimum absolute atomic E-state index is 0.00154. The maximum atomic E-state index is 13.5. The second kappa shape index (κ2) is 8.29. The van der Waals surface area contributed by atoms with E-state index in [1.54, 1.807) is 4.90 Å². The molecule has 1 aromatic carbocycles. The molecule has 29 heavy (non-hydrogen) atoms. The van der Waals surface area contributed by atoms with E-state index in [9.17, 15) is 13.2 Å². The van der Waals surface area contributed by atoms with Gasteiger partial charge in [0.2, 0.25) is 15.9 Å². The summed E-state index contributed by atoms with van der Waals surface area (Å²) in [6, 6.07) is 6.03. The Morgan fingerprint density at radius 2 is 2.17 bits per heavy atom. The number of aryl methyl sites for hydroxylation is 1. The molecule has 2 aliphatic heterocycles. The lowest BCUT2D eigenvalue weighted by atomic mass is 9.98. The number of rotatable bonds is 5. The molecule has 2 aromatic rings. The normalized spacial score (nSPS) is 23.5. The first-order valence-corrected chi connectivity index (χ1v) is 12.7. The summed E-state index contributed by atoms with van der Waals surface area (Å²) in [6.45, 7) is 3.92. The van der Waals surface area contributed by atoms with Crippen LogP contribution < -0.4 is 4.90 Å². The Labute approximate surface area is 175 Å². The molecule has 2 unspecified atom stereocenters. The van der Waals surface area contributed by atoms with Gasteiger partial charge >= 0.3 is 0 Å². The average molecular weight is 438 g/mol. The van der Waals surface area contributed by atoms with E-state index < -0.39 is 10.0 Å². The third-order valence-corrected chi connectivity index (χ3v) is 8.03. The van der Waals surface area contributed by atoms with E-state index in [1.807, 2.05) is 25.1 Å². The quantitative estimate of drug-likeness (QED) is 0.719. The van der Waals surface area contributed by atoms with Crippen molar-refractivity contribution in [2.24, 2.45) is 5.92 Å². The Bertz CT molecular complexity index is 998. The Morgan fingerprint density at radius 1 is 1.34 bits per heavy atom. The number of carbonyl (C=O) groups is 1. The van der Waals surface area contributed by atoms with Crippen molar-refractivity contribution in [2.45, 2.75) is 38.7 Å². The van der Waals surface area contributed by atoms with E-state index in [0.717, 1.165) is 35.2 Å². The molecule has 0 N–H and O–H groups in total. The maximum absolute atomic E-state index is 13.5. The number of hydrogen-bond donors (Lipinski definition) is 0. The first-order valence-electron chi connectivity index (χ1n) is 10.1. The number of sulfonamides is 1. The SMILES string of the molecule is Cc1cccc2sc(N(CC3CCCO3)C(=O)C3CCCN(S(C)(=O)=O)C3)nc12. The zero-order valence-corrected chi connectivity index (χ0v) is 18.5. The summed E-state index contributed by atoms with van der Waals surface area (Å²) in [5.41, 5.74) is 1.99. The number of amides is 1. The molecule has 3 heterocycles. The number of anilines is 1. The lowest BCUT2D eigenvalue weighted by molar-refractivity contribution is -0.123. The molecule has 0 saturated carbocycles. The number of nitrogens with zero attached hydrogens (tertiary/aromatic N) is 3. The zero-order valence-electron chi connectivity index (χ0n) is 16.8. The third-order valence-electron chi connectivity index (χ3n) is 5.72. The van der Waals surface area contributed by atoms with E-state index >= 15 is 0 Å². The lowest BCUT2D eigenvalue weighted by Crippen LogP contribution is -2.48. The van der Waals surface area contributed by atoms with Crippen LogP contribution in [0.1, 0.15) is 31.2 Å². The number of piperidine rings is 1. The summed E-state index contributed by atoms with van der Waals surface area (Å²) in [5.74, 6) is -0.404. The van der Waals surface area contributed by atoms with Crippen molar-refractivity contribution in [3.63, 3.8) is 0 Å². The standard InChI is InChI=1S/C20H27N3O4S2/c1-14-6-3-9-17-18(14)21-20(28-17)23(13-16-8-5-11-27-16)19(24)15-7-4-10-22(12-15)29(2,25)26/h3,6,9,15-16H,4-5,7-8,10-13H2,1-2H3. The molecule has 2 saturated heterocycles. The van der Waals surface area contributed by atoms with Crippen LogP contribution in [0.3, 0.4) is 0 Å². The summed E-state index contributed by atoms with van der Waals surface area (Å²) in [5, 5.41) is 0.672. The van der Waals surface area contributed by atoms with Gasteiger partial charge in [-0.3, -0.25) is 9.69 Å². The summed E-state index contributed by atoms with van der Waals surface area (Å²) in [7, 11) is -3.31.